The van der Waals surface area contributed by atoms with E-state index in [0.29, 0.717) is 18.6 Å². The topological polar surface area (TPSA) is 46.1 Å². The van der Waals surface area contributed by atoms with E-state index in [9.17, 15) is 0 Å². The van der Waals surface area contributed by atoms with Crippen LogP contribution in [0.3, 0.4) is 0 Å². The number of ether oxygens (including phenoxy) is 2. The Bertz CT molecular complexity index is 346. The third kappa shape index (κ3) is 5.53. The van der Waals surface area contributed by atoms with E-state index >= 15 is 0 Å². The Balaban J connectivity index is 0.00000441. The lowest BCUT2D eigenvalue weighted by Gasteiger charge is -2.62. The number of hydrogen-bond donors (Lipinski definition) is 1. The number of rotatable bonds is 8. The van der Waals surface area contributed by atoms with Crippen molar-refractivity contribution in [2.45, 2.75) is 46.6 Å². The number of guanidine groups is 1. The van der Waals surface area contributed by atoms with Crippen LogP contribution in [0.15, 0.2) is 4.99 Å². The summed E-state index contributed by atoms with van der Waals surface area (Å²) in [6.07, 6.45) is 0.941. The van der Waals surface area contributed by atoms with Gasteiger partial charge >= 0.3 is 0 Å². The first-order valence-corrected chi connectivity index (χ1v) is 7.99. The van der Waals surface area contributed by atoms with Crippen LogP contribution in [-0.2, 0) is 9.47 Å². The molecule has 0 saturated carbocycles. The maximum atomic E-state index is 5.46. The molecule has 1 saturated heterocycles. The first-order chi connectivity index (χ1) is 9.86. The van der Waals surface area contributed by atoms with Crippen LogP contribution >= 0.6 is 24.0 Å². The van der Waals surface area contributed by atoms with Gasteiger partial charge in [-0.05, 0) is 27.2 Å². The van der Waals surface area contributed by atoms with E-state index in [4.69, 9.17) is 14.5 Å². The van der Waals surface area contributed by atoms with E-state index in [1.165, 1.54) is 0 Å². The van der Waals surface area contributed by atoms with Crippen molar-refractivity contribution in [3.63, 3.8) is 0 Å². The van der Waals surface area contributed by atoms with Crippen molar-refractivity contribution in [3.05, 3.63) is 0 Å². The Morgan fingerprint density at radius 3 is 2.36 bits per heavy atom. The molecular formula is C16H34IN3O2. The summed E-state index contributed by atoms with van der Waals surface area (Å²) in [5.41, 5.74) is 0.468. The normalized spacial score (nSPS) is 19.4. The summed E-state index contributed by atoms with van der Waals surface area (Å²) < 4.78 is 10.4. The van der Waals surface area contributed by atoms with Crippen molar-refractivity contribution in [3.8, 4) is 0 Å². The number of methoxy groups -OCH3 is 1. The van der Waals surface area contributed by atoms with Gasteiger partial charge in [0, 0.05) is 44.3 Å². The van der Waals surface area contributed by atoms with Gasteiger partial charge in [-0.15, -0.1) is 24.0 Å². The van der Waals surface area contributed by atoms with Crippen LogP contribution in [0.1, 0.15) is 41.0 Å². The molecule has 0 atom stereocenters. The molecule has 5 nitrogen and oxygen atoms in total. The molecule has 1 fully saturated rings. The second-order valence-electron chi connectivity index (χ2n) is 6.72. The number of nitrogens with zero attached hydrogens (tertiary/aromatic N) is 2. The van der Waals surface area contributed by atoms with Gasteiger partial charge < -0.3 is 19.7 Å². The Kier molecular flexibility index (Phi) is 9.89. The summed E-state index contributed by atoms with van der Waals surface area (Å²) >= 11 is 0. The predicted molar refractivity (Wildman–Crippen MR) is 103 cm³/mol. The number of nitrogens with one attached hydrogen (secondary N) is 1. The van der Waals surface area contributed by atoms with Gasteiger partial charge in [0.05, 0.1) is 13.2 Å². The van der Waals surface area contributed by atoms with Crippen LogP contribution in [0, 0.1) is 5.41 Å². The highest BCUT2D eigenvalue weighted by Crippen LogP contribution is 2.46. The van der Waals surface area contributed by atoms with Crippen molar-refractivity contribution < 1.29 is 9.47 Å². The van der Waals surface area contributed by atoms with E-state index in [1.54, 1.807) is 7.11 Å². The average Bonchev–Trinajstić information content (AvgIpc) is 2.43. The maximum Gasteiger partial charge on any atom is 0.194 e. The van der Waals surface area contributed by atoms with Gasteiger partial charge in [-0.3, -0.25) is 4.99 Å². The van der Waals surface area contributed by atoms with Crippen molar-refractivity contribution in [1.29, 1.82) is 0 Å². The van der Waals surface area contributed by atoms with E-state index in [2.05, 4.69) is 44.8 Å². The molecule has 0 aromatic carbocycles. The van der Waals surface area contributed by atoms with E-state index in [0.717, 1.165) is 38.6 Å². The lowest BCUT2D eigenvalue weighted by Crippen LogP contribution is -2.72. The fourth-order valence-electron chi connectivity index (χ4n) is 2.39. The van der Waals surface area contributed by atoms with Gasteiger partial charge in [0.2, 0.25) is 0 Å². The number of likely N-dealkylation sites (tertiary alicyclic amines) is 1. The van der Waals surface area contributed by atoms with Crippen LogP contribution in [0.25, 0.3) is 0 Å². The standard InChI is InChI=1S/C16H33N3O2.HI/c1-7-17-14(18-9-8-10-21-12-11-20-6)19-13-15(2,3)16(19,4)5;/h7-13H2,1-6H3,(H,17,18);1H. The predicted octanol–water partition coefficient (Wildman–Crippen LogP) is 2.74. The van der Waals surface area contributed by atoms with Crippen LogP contribution < -0.4 is 5.32 Å². The van der Waals surface area contributed by atoms with Gasteiger partial charge in [-0.1, -0.05) is 13.8 Å². The number of hydrogen-bond acceptors (Lipinski definition) is 3. The number of aliphatic imine (C=N–C) groups is 1. The summed E-state index contributed by atoms with van der Waals surface area (Å²) in [5, 5.41) is 3.40. The van der Waals surface area contributed by atoms with Crippen LogP contribution in [0.2, 0.25) is 0 Å². The molecule has 0 unspecified atom stereocenters. The molecule has 0 aliphatic carbocycles. The van der Waals surface area contributed by atoms with Gasteiger partial charge in [-0.2, -0.15) is 0 Å². The molecule has 0 aromatic rings. The highest BCUT2D eigenvalue weighted by molar-refractivity contribution is 14.0. The molecule has 1 rings (SSSR count). The molecule has 0 amide bonds. The second-order valence-corrected chi connectivity index (χ2v) is 6.72. The minimum absolute atomic E-state index is 0. The Morgan fingerprint density at radius 2 is 1.86 bits per heavy atom. The summed E-state index contributed by atoms with van der Waals surface area (Å²) in [6, 6.07) is 0. The molecule has 0 aromatic heterocycles. The zero-order valence-corrected chi connectivity index (χ0v) is 17.4. The summed E-state index contributed by atoms with van der Waals surface area (Å²) in [7, 11) is 1.69. The first-order valence-electron chi connectivity index (χ1n) is 7.99. The van der Waals surface area contributed by atoms with Gasteiger partial charge in [0.1, 0.15) is 0 Å². The van der Waals surface area contributed by atoms with Gasteiger partial charge in [0.25, 0.3) is 0 Å². The fourth-order valence-corrected chi connectivity index (χ4v) is 2.39. The quantitative estimate of drug-likeness (QED) is 0.280. The van der Waals surface area contributed by atoms with Crippen molar-refractivity contribution >= 4 is 29.9 Å². The third-order valence-electron chi connectivity index (χ3n) is 4.62. The maximum absolute atomic E-state index is 5.46. The molecule has 22 heavy (non-hydrogen) atoms. The molecule has 0 radical (unpaired) electrons. The van der Waals surface area contributed by atoms with E-state index in [-0.39, 0.29) is 29.5 Å². The smallest absolute Gasteiger partial charge is 0.194 e. The van der Waals surface area contributed by atoms with E-state index < -0.39 is 0 Å². The second kappa shape index (κ2) is 9.93. The summed E-state index contributed by atoms with van der Waals surface area (Å²) in [5.74, 6) is 1.03. The Labute approximate surface area is 153 Å². The summed E-state index contributed by atoms with van der Waals surface area (Å²) in [6.45, 7) is 16.1. The monoisotopic (exact) mass is 427 g/mol. The van der Waals surface area contributed by atoms with Crippen LogP contribution in [-0.4, -0.2) is 63.0 Å². The molecule has 1 N–H and O–H groups in total. The Morgan fingerprint density at radius 1 is 1.18 bits per heavy atom. The highest BCUT2D eigenvalue weighted by atomic mass is 127. The highest BCUT2D eigenvalue weighted by Gasteiger charge is 2.53. The molecule has 0 bridgehead atoms. The van der Waals surface area contributed by atoms with Crippen molar-refractivity contribution in [2.24, 2.45) is 10.4 Å². The lowest BCUT2D eigenvalue weighted by atomic mass is 9.65. The minimum Gasteiger partial charge on any atom is -0.382 e. The first kappa shape index (κ1) is 21.9. The van der Waals surface area contributed by atoms with Gasteiger partial charge in [0.15, 0.2) is 5.96 Å². The Hall–Kier alpha value is -0.0800. The molecular weight excluding hydrogens is 393 g/mol. The van der Waals surface area contributed by atoms with Crippen LogP contribution in [0.5, 0.6) is 0 Å². The molecule has 1 heterocycles. The van der Waals surface area contributed by atoms with E-state index in [1.807, 2.05) is 0 Å². The lowest BCUT2D eigenvalue weighted by molar-refractivity contribution is -0.0667. The zero-order chi connectivity index (χ0) is 15.9. The SMILES string of the molecule is CCNC(=NCCCOCCOC)N1CC(C)(C)C1(C)C.I. The summed E-state index contributed by atoms with van der Waals surface area (Å²) in [4.78, 5) is 7.11. The average molecular weight is 427 g/mol. The number of halogens is 1. The fraction of sp³-hybridized carbons (Fsp3) is 0.938. The third-order valence-corrected chi connectivity index (χ3v) is 4.62. The van der Waals surface area contributed by atoms with Crippen molar-refractivity contribution in [1.82, 2.24) is 10.2 Å². The van der Waals surface area contributed by atoms with Gasteiger partial charge in [-0.25, -0.2) is 0 Å². The molecule has 6 heteroatoms. The largest absolute Gasteiger partial charge is 0.382 e. The zero-order valence-electron chi connectivity index (χ0n) is 15.1. The molecule has 1 aliphatic heterocycles. The molecule has 132 valence electrons. The molecule has 1 aliphatic rings. The van der Waals surface area contributed by atoms with Crippen molar-refractivity contribution in [2.75, 3.05) is 46.6 Å². The minimum atomic E-state index is 0. The molecule has 0 spiro atoms. The van der Waals surface area contributed by atoms with Crippen LogP contribution in [0.4, 0.5) is 0 Å².